The van der Waals surface area contributed by atoms with Crippen LogP contribution in [-0.4, -0.2) is 25.9 Å². The number of benzene rings is 2. The van der Waals surface area contributed by atoms with Crippen molar-refractivity contribution in [1.29, 1.82) is 0 Å². The van der Waals surface area contributed by atoms with Gasteiger partial charge in [0.1, 0.15) is 0 Å². The molecule has 23 heavy (non-hydrogen) atoms. The Bertz CT molecular complexity index is 662. The van der Waals surface area contributed by atoms with Crippen molar-refractivity contribution in [3.8, 4) is 11.5 Å². The van der Waals surface area contributed by atoms with E-state index in [1.54, 1.807) is 14.2 Å². The Labute approximate surface area is 155 Å². The largest absolute Gasteiger partial charge is 0.493 e. The zero-order valence-electron chi connectivity index (χ0n) is 13.1. The highest BCUT2D eigenvalue weighted by molar-refractivity contribution is 14.1. The summed E-state index contributed by atoms with van der Waals surface area (Å²) in [5.41, 5.74) is 2.14. The summed E-state index contributed by atoms with van der Waals surface area (Å²) in [6.45, 7) is 0.742. The molecule has 2 aromatic carbocycles. The van der Waals surface area contributed by atoms with Crippen LogP contribution in [0.25, 0.3) is 0 Å². The van der Waals surface area contributed by atoms with Crippen LogP contribution in [0, 0.1) is 3.57 Å². The minimum Gasteiger partial charge on any atom is -0.493 e. The lowest BCUT2D eigenvalue weighted by molar-refractivity contribution is 0.354. The SMILES string of the molecule is COc1ccc(CCNC(=S)Nc2ccc(I)cc2)cc1OC. The molecule has 0 heterocycles. The number of hydrogen-bond donors (Lipinski definition) is 2. The molecule has 2 N–H and O–H groups in total. The fourth-order valence-corrected chi connectivity index (χ4v) is 2.64. The van der Waals surface area contributed by atoms with Crippen molar-refractivity contribution in [3.63, 3.8) is 0 Å². The van der Waals surface area contributed by atoms with Crippen molar-refractivity contribution < 1.29 is 9.47 Å². The van der Waals surface area contributed by atoms with Crippen LogP contribution in [0.4, 0.5) is 5.69 Å². The van der Waals surface area contributed by atoms with Crippen molar-refractivity contribution in [2.24, 2.45) is 0 Å². The van der Waals surface area contributed by atoms with E-state index in [-0.39, 0.29) is 0 Å². The number of rotatable bonds is 6. The van der Waals surface area contributed by atoms with Gasteiger partial charge in [-0.2, -0.15) is 0 Å². The van der Waals surface area contributed by atoms with Crippen molar-refractivity contribution in [2.45, 2.75) is 6.42 Å². The van der Waals surface area contributed by atoms with E-state index in [1.165, 1.54) is 3.57 Å². The van der Waals surface area contributed by atoms with Crippen LogP contribution < -0.4 is 20.1 Å². The maximum Gasteiger partial charge on any atom is 0.170 e. The third-order valence-electron chi connectivity index (χ3n) is 3.25. The molecule has 6 heteroatoms. The predicted octanol–water partition coefficient (Wildman–Crippen LogP) is 3.84. The van der Waals surface area contributed by atoms with Crippen LogP contribution in [0.15, 0.2) is 42.5 Å². The molecule has 0 saturated carbocycles. The molecule has 0 aliphatic heterocycles. The molecule has 0 fully saturated rings. The highest BCUT2D eigenvalue weighted by Gasteiger charge is 2.04. The Hall–Kier alpha value is -1.54. The third kappa shape index (κ3) is 5.54. The summed E-state index contributed by atoms with van der Waals surface area (Å²) in [6.07, 6.45) is 0.842. The quantitative estimate of drug-likeness (QED) is 0.526. The Balaban J connectivity index is 1.82. The molecule has 0 aromatic heterocycles. The Morgan fingerprint density at radius 3 is 2.39 bits per heavy atom. The first-order valence-corrected chi connectivity index (χ1v) is 8.62. The summed E-state index contributed by atoms with van der Waals surface area (Å²) in [6, 6.07) is 14.0. The number of ether oxygens (including phenoxy) is 2. The van der Waals surface area contributed by atoms with Crippen molar-refractivity contribution >= 4 is 45.6 Å². The molecular formula is C17H19IN2O2S. The summed E-state index contributed by atoms with van der Waals surface area (Å²) in [7, 11) is 3.27. The standard InChI is InChI=1S/C17H19IN2O2S/c1-21-15-8-3-12(11-16(15)22-2)9-10-19-17(23)20-14-6-4-13(18)5-7-14/h3-8,11H,9-10H2,1-2H3,(H2,19,20,23). The molecule has 0 radical (unpaired) electrons. The van der Waals surface area contributed by atoms with Gasteiger partial charge in [-0.15, -0.1) is 0 Å². The van der Waals surface area contributed by atoms with Crippen molar-refractivity contribution in [2.75, 3.05) is 26.1 Å². The fourth-order valence-electron chi connectivity index (χ4n) is 2.07. The monoisotopic (exact) mass is 442 g/mol. The van der Waals surface area contributed by atoms with Crippen LogP contribution in [0.2, 0.25) is 0 Å². The van der Waals surface area contributed by atoms with Gasteiger partial charge in [0.2, 0.25) is 0 Å². The molecule has 2 rings (SSSR count). The van der Waals surface area contributed by atoms with Gasteiger partial charge in [0.15, 0.2) is 16.6 Å². The van der Waals surface area contributed by atoms with E-state index in [0.717, 1.165) is 35.7 Å². The molecule has 0 aliphatic rings. The maximum absolute atomic E-state index is 5.31. The number of thiocarbonyl (C=S) groups is 1. The number of methoxy groups -OCH3 is 2. The summed E-state index contributed by atoms with van der Waals surface area (Å²) in [4.78, 5) is 0. The topological polar surface area (TPSA) is 42.5 Å². The van der Waals surface area contributed by atoms with E-state index < -0.39 is 0 Å². The van der Waals surface area contributed by atoms with Crippen LogP contribution in [0.5, 0.6) is 11.5 Å². The molecule has 4 nitrogen and oxygen atoms in total. The number of hydrogen-bond acceptors (Lipinski definition) is 3. The fraction of sp³-hybridized carbons (Fsp3) is 0.235. The highest BCUT2D eigenvalue weighted by atomic mass is 127. The predicted molar refractivity (Wildman–Crippen MR) is 107 cm³/mol. The number of nitrogens with one attached hydrogen (secondary N) is 2. The van der Waals surface area contributed by atoms with Crippen LogP contribution in [0.1, 0.15) is 5.56 Å². The lowest BCUT2D eigenvalue weighted by atomic mass is 10.1. The van der Waals surface area contributed by atoms with Gasteiger partial charge >= 0.3 is 0 Å². The average molecular weight is 442 g/mol. The smallest absolute Gasteiger partial charge is 0.170 e. The van der Waals surface area contributed by atoms with Gasteiger partial charge in [-0.3, -0.25) is 0 Å². The van der Waals surface area contributed by atoms with Crippen LogP contribution in [0.3, 0.4) is 0 Å². The molecule has 122 valence electrons. The van der Waals surface area contributed by atoms with Gasteiger partial charge in [-0.05, 0) is 83.2 Å². The Morgan fingerprint density at radius 1 is 1.04 bits per heavy atom. The zero-order chi connectivity index (χ0) is 16.7. The van der Waals surface area contributed by atoms with Gasteiger partial charge < -0.3 is 20.1 Å². The molecular weight excluding hydrogens is 423 g/mol. The number of halogens is 1. The normalized spacial score (nSPS) is 10.0. The van der Waals surface area contributed by atoms with Crippen molar-refractivity contribution in [3.05, 3.63) is 51.6 Å². The second kappa shape index (κ2) is 8.93. The molecule has 0 bridgehead atoms. The lowest BCUT2D eigenvalue weighted by Crippen LogP contribution is -2.30. The van der Waals surface area contributed by atoms with E-state index in [9.17, 15) is 0 Å². The minimum absolute atomic E-state index is 0.617. The summed E-state index contributed by atoms with van der Waals surface area (Å²) in [5, 5.41) is 6.99. The second-order valence-corrected chi connectivity index (χ2v) is 6.48. The lowest BCUT2D eigenvalue weighted by Gasteiger charge is -2.12. The minimum atomic E-state index is 0.617. The molecule has 0 amide bonds. The van der Waals surface area contributed by atoms with E-state index >= 15 is 0 Å². The van der Waals surface area contributed by atoms with Gasteiger partial charge in [-0.1, -0.05) is 6.07 Å². The van der Waals surface area contributed by atoms with Gasteiger partial charge in [0.05, 0.1) is 14.2 Å². The molecule has 0 spiro atoms. The first-order chi connectivity index (χ1) is 11.1. The first-order valence-electron chi connectivity index (χ1n) is 7.13. The van der Waals surface area contributed by atoms with E-state index in [2.05, 4.69) is 33.2 Å². The van der Waals surface area contributed by atoms with E-state index in [1.807, 2.05) is 42.5 Å². The van der Waals surface area contributed by atoms with Gasteiger partial charge in [-0.25, -0.2) is 0 Å². The highest BCUT2D eigenvalue weighted by Crippen LogP contribution is 2.27. The second-order valence-electron chi connectivity index (χ2n) is 4.83. The summed E-state index contributed by atoms with van der Waals surface area (Å²) in [5.74, 6) is 1.48. The van der Waals surface area contributed by atoms with Gasteiger partial charge in [0, 0.05) is 15.8 Å². The summed E-state index contributed by atoms with van der Waals surface area (Å²) < 4.78 is 11.7. The van der Waals surface area contributed by atoms with Crippen LogP contribution >= 0.6 is 34.8 Å². The molecule has 0 unspecified atom stereocenters. The van der Waals surface area contributed by atoms with Gasteiger partial charge in [0.25, 0.3) is 0 Å². The third-order valence-corrected chi connectivity index (χ3v) is 4.21. The molecule has 0 atom stereocenters. The first kappa shape index (κ1) is 17.8. The van der Waals surface area contributed by atoms with E-state index in [4.69, 9.17) is 21.7 Å². The molecule has 0 saturated heterocycles. The average Bonchev–Trinajstić information content (AvgIpc) is 2.56. The Kier molecular flexibility index (Phi) is 6.91. The molecule has 0 aliphatic carbocycles. The van der Waals surface area contributed by atoms with Crippen LogP contribution in [-0.2, 0) is 6.42 Å². The summed E-state index contributed by atoms with van der Waals surface area (Å²) >= 11 is 7.58. The van der Waals surface area contributed by atoms with Crippen molar-refractivity contribution in [1.82, 2.24) is 5.32 Å². The Morgan fingerprint density at radius 2 is 1.74 bits per heavy atom. The maximum atomic E-state index is 5.31. The van der Waals surface area contributed by atoms with E-state index in [0.29, 0.717) is 5.11 Å². The molecule has 2 aromatic rings. The number of anilines is 1. The zero-order valence-corrected chi connectivity index (χ0v) is 16.0.